The molecule has 0 radical (unpaired) electrons. The smallest absolute Gasteiger partial charge is 0.191 e. The second kappa shape index (κ2) is 10.2. The number of aliphatic hydroxyl groups is 1. The second-order valence-electron chi connectivity index (χ2n) is 7.06. The van der Waals surface area contributed by atoms with Crippen molar-refractivity contribution in [2.75, 3.05) is 20.2 Å². The first-order chi connectivity index (χ1) is 14.5. The molecule has 1 heterocycles. The van der Waals surface area contributed by atoms with Gasteiger partial charge in [0.25, 0.3) is 0 Å². The van der Waals surface area contributed by atoms with Crippen molar-refractivity contribution in [2.24, 2.45) is 4.99 Å². The Kier molecular flexibility index (Phi) is 7.43. The minimum absolute atomic E-state index is 0.344. The van der Waals surface area contributed by atoms with E-state index in [1.165, 1.54) is 0 Å². The fourth-order valence-corrected chi connectivity index (χ4v) is 3.72. The van der Waals surface area contributed by atoms with E-state index in [0.29, 0.717) is 19.0 Å². The molecule has 0 fully saturated rings. The summed E-state index contributed by atoms with van der Waals surface area (Å²) in [6, 6.07) is 17.5. The van der Waals surface area contributed by atoms with Crippen LogP contribution in [0, 0.1) is 0 Å². The number of rotatable bonds is 8. The van der Waals surface area contributed by atoms with Crippen LogP contribution in [0.3, 0.4) is 0 Å². The molecule has 3 rings (SSSR count). The highest BCUT2D eigenvalue weighted by molar-refractivity contribution is 7.13. The number of hydrogen-bond acceptors (Lipinski definition) is 5. The highest BCUT2D eigenvalue weighted by Gasteiger charge is 2.22. The fraction of sp³-hybridized carbons (Fsp3) is 0.304. The lowest BCUT2D eigenvalue weighted by molar-refractivity contribution is 0.0617. The molecule has 2 aromatic carbocycles. The Labute approximate surface area is 181 Å². The van der Waals surface area contributed by atoms with E-state index in [2.05, 4.69) is 15.6 Å². The fourth-order valence-electron chi connectivity index (χ4n) is 2.90. The number of aromatic nitrogens is 1. The molecule has 6 nitrogen and oxygen atoms in total. The van der Waals surface area contributed by atoms with Gasteiger partial charge < -0.3 is 20.5 Å². The second-order valence-corrected chi connectivity index (χ2v) is 7.92. The van der Waals surface area contributed by atoms with Gasteiger partial charge in [-0.25, -0.2) is 9.98 Å². The quantitative estimate of drug-likeness (QED) is 0.379. The maximum absolute atomic E-state index is 10.8. The molecule has 0 aliphatic carbocycles. The maximum Gasteiger partial charge on any atom is 0.191 e. The molecular formula is C23H28N4O2S. The Bertz CT molecular complexity index is 953. The van der Waals surface area contributed by atoms with Crippen LogP contribution in [0.4, 0.5) is 0 Å². The van der Waals surface area contributed by atoms with Crippen LogP contribution in [0.25, 0.3) is 10.6 Å². The number of nitrogens with zero attached hydrogens (tertiary/aromatic N) is 2. The SMILES string of the molecule is CCNC(=NCc1csc(-c2ccc(OC)cc2)n1)NCC(C)(O)c1ccccc1. The highest BCUT2D eigenvalue weighted by atomic mass is 32.1. The zero-order chi connectivity index (χ0) is 21.4. The molecule has 7 heteroatoms. The largest absolute Gasteiger partial charge is 0.497 e. The topological polar surface area (TPSA) is 78.8 Å². The normalized spacial score (nSPS) is 13.5. The molecule has 0 amide bonds. The van der Waals surface area contributed by atoms with E-state index in [0.717, 1.165) is 34.1 Å². The van der Waals surface area contributed by atoms with Crippen LogP contribution < -0.4 is 15.4 Å². The van der Waals surface area contributed by atoms with E-state index < -0.39 is 5.60 Å². The van der Waals surface area contributed by atoms with Gasteiger partial charge in [-0.2, -0.15) is 0 Å². The summed E-state index contributed by atoms with van der Waals surface area (Å²) in [5.41, 5.74) is 1.81. The average molecular weight is 425 g/mol. The van der Waals surface area contributed by atoms with E-state index in [-0.39, 0.29) is 0 Å². The molecular weight excluding hydrogens is 396 g/mol. The lowest BCUT2D eigenvalue weighted by atomic mass is 9.96. The number of nitrogens with one attached hydrogen (secondary N) is 2. The Hall–Kier alpha value is -2.90. The van der Waals surface area contributed by atoms with E-state index >= 15 is 0 Å². The molecule has 3 aromatic rings. The first kappa shape index (κ1) is 21.8. The van der Waals surface area contributed by atoms with E-state index in [1.807, 2.05) is 66.9 Å². The van der Waals surface area contributed by atoms with Crippen LogP contribution in [-0.2, 0) is 12.1 Å². The summed E-state index contributed by atoms with van der Waals surface area (Å²) in [4.78, 5) is 9.31. The van der Waals surface area contributed by atoms with Crippen LogP contribution in [0.5, 0.6) is 5.75 Å². The molecule has 1 unspecified atom stereocenters. The van der Waals surface area contributed by atoms with Crippen molar-refractivity contribution < 1.29 is 9.84 Å². The Morgan fingerprint density at radius 3 is 2.53 bits per heavy atom. The van der Waals surface area contributed by atoms with Crippen LogP contribution in [0.1, 0.15) is 25.1 Å². The van der Waals surface area contributed by atoms with Crippen LogP contribution in [-0.4, -0.2) is 36.2 Å². The van der Waals surface area contributed by atoms with Gasteiger partial charge in [0.1, 0.15) is 16.4 Å². The summed E-state index contributed by atoms with van der Waals surface area (Å²) in [5.74, 6) is 1.47. The van der Waals surface area contributed by atoms with Crippen molar-refractivity contribution in [3.05, 3.63) is 71.2 Å². The van der Waals surface area contributed by atoms with E-state index in [9.17, 15) is 5.11 Å². The third kappa shape index (κ3) is 5.81. The molecule has 0 saturated carbocycles. The Balaban J connectivity index is 1.64. The minimum Gasteiger partial charge on any atom is -0.497 e. The molecule has 3 N–H and O–H groups in total. The zero-order valence-corrected chi connectivity index (χ0v) is 18.4. The molecule has 30 heavy (non-hydrogen) atoms. The van der Waals surface area contributed by atoms with Gasteiger partial charge in [0.15, 0.2) is 5.96 Å². The summed E-state index contributed by atoms with van der Waals surface area (Å²) in [6.45, 7) is 5.33. The number of guanidine groups is 1. The first-order valence-corrected chi connectivity index (χ1v) is 10.8. The number of benzene rings is 2. The van der Waals surface area contributed by atoms with Gasteiger partial charge in [0.2, 0.25) is 0 Å². The number of hydrogen-bond donors (Lipinski definition) is 3. The first-order valence-electron chi connectivity index (χ1n) is 9.90. The van der Waals surface area contributed by atoms with Crippen LogP contribution >= 0.6 is 11.3 Å². The van der Waals surface area contributed by atoms with Gasteiger partial charge in [-0.15, -0.1) is 11.3 Å². The molecule has 158 valence electrons. The molecule has 0 saturated heterocycles. The zero-order valence-electron chi connectivity index (χ0n) is 17.6. The molecule has 1 atom stereocenters. The lowest BCUT2D eigenvalue weighted by Gasteiger charge is -2.25. The Morgan fingerprint density at radius 2 is 1.87 bits per heavy atom. The van der Waals surface area contributed by atoms with Gasteiger partial charge in [-0.1, -0.05) is 30.3 Å². The van der Waals surface area contributed by atoms with Crippen molar-refractivity contribution in [3.63, 3.8) is 0 Å². The number of thiazole rings is 1. The van der Waals surface area contributed by atoms with E-state index in [4.69, 9.17) is 9.72 Å². The lowest BCUT2D eigenvalue weighted by Crippen LogP contribution is -2.44. The van der Waals surface area contributed by atoms with Crippen molar-refractivity contribution in [2.45, 2.75) is 26.0 Å². The highest BCUT2D eigenvalue weighted by Crippen LogP contribution is 2.26. The predicted octanol–water partition coefficient (Wildman–Crippen LogP) is 3.78. The third-order valence-corrected chi connectivity index (χ3v) is 5.57. The number of methoxy groups -OCH3 is 1. The minimum atomic E-state index is -1.00. The van der Waals surface area contributed by atoms with Crippen molar-refractivity contribution in [1.82, 2.24) is 15.6 Å². The number of ether oxygens (including phenoxy) is 1. The van der Waals surface area contributed by atoms with Crippen molar-refractivity contribution in [1.29, 1.82) is 0 Å². The summed E-state index contributed by atoms with van der Waals surface area (Å²) in [5, 5.41) is 20.2. The van der Waals surface area contributed by atoms with E-state index in [1.54, 1.807) is 25.4 Å². The maximum atomic E-state index is 10.8. The van der Waals surface area contributed by atoms with Crippen LogP contribution in [0.15, 0.2) is 65.0 Å². The predicted molar refractivity (Wildman–Crippen MR) is 123 cm³/mol. The van der Waals surface area contributed by atoms with Gasteiger partial charge in [0, 0.05) is 17.5 Å². The van der Waals surface area contributed by atoms with Gasteiger partial charge >= 0.3 is 0 Å². The molecule has 1 aromatic heterocycles. The molecule has 0 spiro atoms. The Morgan fingerprint density at radius 1 is 1.13 bits per heavy atom. The monoisotopic (exact) mass is 424 g/mol. The number of aliphatic imine (C=N–C) groups is 1. The molecule has 0 bridgehead atoms. The third-order valence-electron chi connectivity index (χ3n) is 4.63. The molecule has 0 aliphatic rings. The van der Waals surface area contributed by atoms with Crippen molar-refractivity contribution >= 4 is 17.3 Å². The van der Waals surface area contributed by atoms with Gasteiger partial charge in [0.05, 0.1) is 25.9 Å². The average Bonchev–Trinajstić information content (AvgIpc) is 3.25. The summed E-state index contributed by atoms with van der Waals surface area (Å²) >= 11 is 1.59. The summed E-state index contributed by atoms with van der Waals surface area (Å²) in [6.07, 6.45) is 0. The van der Waals surface area contributed by atoms with Crippen LogP contribution in [0.2, 0.25) is 0 Å². The van der Waals surface area contributed by atoms with Crippen molar-refractivity contribution in [3.8, 4) is 16.3 Å². The summed E-state index contributed by atoms with van der Waals surface area (Å²) < 4.78 is 5.21. The van der Waals surface area contributed by atoms with Gasteiger partial charge in [-0.3, -0.25) is 0 Å². The summed E-state index contributed by atoms with van der Waals surface area (Å²) in [7, 11) is 1.66. The standard InChI is InChI=1S/C23H28N4O2S/c1-4-24-22(26-16-23(2,28)18-8-6-5-7-9-18)25-14-19-15-30-21(27-19)17-10-12-20(29-3)13-11-17/h5-13,15,28H,4,14,16H2,1-3H3,(H2,24,25,26). The molecule has 0 aliphatic heterocycles. The van der Waals surface area contributed by atoms with Gasteiger partial charge in [-0.05, 0) is 43.7 Å².